The zero-order valence-electron chi connectivity index (χ0n) is 17.4. The van der Waals surface area contributed by atoms with Gasteiger partial charge >= 0.3 is 0 Å². The largest absolute Gasteiger partial charge is 0.365 e. The fraction of sp³-hybridized carbons (Fsp3) is 0.0714. The zero-order valence-corrected chi connectivity index (χ0v) is 17.4. The van der Waals surface area contributed by atoms with Gasteiger partial charge in [-0.05, 0) is 41.1 Å². The molecule has 150 valence electrons. The Hall–Kier alpha value is -3.98. The van der Waals surface area contributed by atoms with Crippen LogP contribution in [0.25, 0.3) is 33.2 Å². The Morgan fingerprint density at radius 2 is 1.52 bits per heavy atom. The zero-order chi connectivity index (χ0) is 21.0. The molecule has 3 heteroatoms. The van der Waals surface area contributed by atoms with Crippen LogP contribution in [-0.2, 0) is 6.54 Å². The van der Waals surface area contributed by atoms with E-state index in [2.05, 4.69) is 88.9 Å². The summed E-state index contributed by atoms with van der Waals surface area (Å²) in [6.07, 6.45) is 3.76. The van der Waals surface area contributed by atoms with Crippen molar-refractivity contribution in [3.8, 4) is 22.4 Å². The quantitative estimate of drug-likeness (QED) is 0.349. The molecule has 0 atom stereocenters. The maximum absolute atomic E-state index is 4.67. The van der Waals surface area contributed by atoms with Crippen LogP contribution in [0.2, 0.25) is 0 Å². The van der Waals surface area contributed by atoms with Gasteiger partial charge in [0.25, 0.3) is 0 Å². The molecule has 0 unspecified atom stereocenters. The minimum Gasteiger partial charge on any atom is -0.365 e. The van der Waals surface area contributed by atoms with Crippen molar-refractivity contribution in [3.05, 3.63) is 115 Å². The van der Waals surface area contributed by atoms with E-state index < -0.39 is 0 Å². The Balaban J connectivity index is 1.35. The Labute approximate surface area is 182 Å². The number of nitrogens with zero attached hydrogens (tertiary/aromatic N) is 2. The molecule has 2 aromatic heterocycles. The molecule has 0 aliphatic carbocycles. The van der Waals surface area contributed by atoms with Crippen LogP contribution in [-0.4, -0.2) is 9.97 Å². The monoisotopic (exact) mass is 401 g/mol. The Kier molecular flexibility index (Phi) is 5.16. The van der Waals surface area contributed by atoms with Gasteiger partial charge in [0.05, 0.1) is 5.69 Å². The number of hydrogen-bond acceptors (Lipinski definition) is 3. The smallest absolute Gasteiger partial charge is 0.135 e. The molecule has 0 radical (unpaired) electrons. The molecule has 3 nitrogen and oxygen atoms in total. The van der Waals surface area contributed by atoms with Gasteiger partial charge in [-0.2, -0.15) is 0 Å². The first-order valence-electron chi connectivity index (χ1n) is 10.5. The van der Waals surface area contributed by atoms with Gasteiger partial charge in [0.15, 0.2) is 0 Å². The van der Waals surface area contributed by atoms with Crippen LogP contribution in [0.5, 0.6) is 0 Å². The van der Waals surface area contributed by atoms with Gasteiger partial charge in [0.1, 0.15) is 5.82 Å². The predicted molar refractivity (Wildman–Crippen MR) is 129 cm³/mol. The first-order chi connectivity index (χ1) is 15.3. The second-order valence-electron chi connectivity index (χ2n) is 7.74. The van der Waals surface area contributed by atoms with Crippen molar-refractivity contribution >= 4 is 16.6 Å². The maximum atomic E-state index is 4.67. The summed E-state index contributed by atoms with van der Waals surface area (Å²) >= 11 is 0. The number of aryl methyl sites for hydroxylation is 1. The lowest BCUT2D eigenvalue weighted by Gasteiger charge is -2.10. The van der Waals surface area contributed by atoms with Crippen molar-refractivity contribution in [1.82, 2.24) is 9.97 Å². The van der Waals surface area contributed by atoms with Gasteiger partial charge in [-0.15, -0.1) is 0 Å². The van der Waals surface area contributed by atoms with Crippen LogP contribution in [0.4, 0.5) is 5.82 Å². The molecule has 0 aliphatic rings. The van der Waals surface area contributed by atoms with Gasteiger partial charge in [0.2, 0.25) is 0 Å². The average Bonchev–Trinajstić information content (AvgIpc) is 2.83. The summed E-state index contributed by atoms with van der Waals surface area (Å²) in [5, 5.41) is 5.63. The molecule has 0 fully saturated rings. The Morgan fingerprint density at radius 3 is 2.32 bits per heavy atom. The predicted octanol–water partition coefficient (Wildman–Crippen LogP) is 6.88. The summed E-state index contributed by atoms with van der Waals surface area (Å²) in [7, 11) is 0. The molecule has 0 saturated carbocycles. The molecule has 0 aliphatic heterocycles. The highest BCUT2D eigenvalue weighted by atomic mass is 15.0. The summed E-state index contributed by atoms with van der Waals surface area (Å²) in [4.78, 5) is 9.21. The van der Waals surface area contributed by atoms with E-state index in [9.17, 15) is 0 Å². The average molecular weight is 402 g/mol. The first kappa shape index (κ1) is 19.0. The molecule has 5 aromatic rings. The highest BCUT2D eigenvalue weighted by Gasteiger charge is 2.06. The van der Waals surface area contributed by atoms with Crippen LogP contribution in [0.3, 0.4) is 0 Å². The number of benzene rings is 3. The van der Waals surface area contributed by atoms with E-state index in [-0.39, 0.29) is 0 Å². The minimum absolute atomic E-state index is 0.709. The molecular formula is C28H23N3. The molecule has 31 heavy (non-hydrogen) atoms. The summed E-state index contributed by atoms with van der Waals surface area (Å²) in [6, 6.07) is 31.7. The van der Waals surface area contributed by atoms with Crippen molar-refractivity contribution in [2.45, 2.75) is 13.5 Å². The van der Waals surface area contributed by atoms with Crippen LogP contribution >= 0.6 is 0 Å². The van der Waals surface area contributed by atoms with E-state index in [1.165, 1.54) is 22.3 Å². The summed E-state index contributed by atoms with van der Waals surface area (Å²) in [5.41, 5.74) is 7.05. The van der Waals surface area contributed by atoms with Gasteiger partial charge in [-0.25, -0.2) is 4.98 Å². The molecular weight excluding hydrogens is 378 g/mol. The van der Waals surface area contributed by atoms with Gasteiger partial charge in [-0.3, -0.25) is 4.98 Å². The number of fused-ring (bicyclic) bond motifs is 1. The van der Waals surface area contributed by atoms with E-state index >= 15 is 0 Å². The van der Waals surface area contributed by atoms with Gasteiger partial charge < -0.3 is 5.32 Å². The molecule has 1 N–H and O–H groups in total. The maximum Gasteiger partial charge on any atom is 0.135 e. The SMILES string of the molecule is Cc1cccc(-c2ccc(CNc3nccc4cc(-c5ccccc5)ncc34)cc2)c1. The lowest BCUT2D eigenvalue weighted by Crippen LogP contribution is -2.02. The lowest BCUT2D eigenvalue weighted by molar-refractivity contribution is 1.12. The number of anilines is 1. The highest BCUT2D eigenvalue weighted by molar-refractivity contribution is 5.93. The Morgan fingerprint density at radius 1 is 0.710 bits per heavy atom. The van der Waals surface area contributed by atoms with E-state index in [1.54, 1.807) is 0 Å². The van der Waals surface area contributed by atoms with E-state index in [1.807, 2.05) is 36.7 Å². The fourth-order valence-electron chi connectivity index (χ4n) is 3.80. The first-order valence-corrected chi connectivity index (χ1v) is 10.5. The number of aromatic nitrogens is 2. The Bertz CT molecular complexity index is 1330. The molecule has 0 spiro atoms. The van der Waals surface area contributed by atoms with E-state index in [0.717, 1.165) is 27.8 Å². The number of rotatable bonds is 5. The fourth-order valence-corrected chi connectivity index (χ4v) is 3.80. The molecule has 0 saturated heterocycles. The number of hydrogen-bond donors (Lipinski definition) is 1. The normalized spacial score (nSPS) is 10.9. The van der Waals surface area contributed by atoms with Gasteiger partial charge in [0, 0.05) is 29.9 Å². The standard InChI is InChI=1S/C28H23N3/c1-20-6-5-9-24(16-20)22-12-10-21(11-13-22)18-31-28-26-19-30-27(17-25(26)14-15-29-28)23-7-3-2-4-8-23/h2-17,19H,18H2,1H3,(H,29,31). The summed E-state index contributed by atoms with van der Waals surface area (Å²) < 4.78 is 0. The van der Waals surface area contributed by atoms with Crippen molar-refractivity contribution in [1.29, 1.82) is 0 Å². The number of nitrogens with one attached hydrogen (secondary N) is 1. The topological polar surface area (TPSA) is 37.8 Å². The summed E-state index contributed by atoms with van der Waals surface area (Å²) in [5.74, 6) is 0.854. The molecule has 0 amide bonds. The van der Waals surface area contributed by atoms with E-state index in [4.69, 9.17) is 0 Å². The molecule has 3 aromatic carbocycles. The van der Waals surface area contributed by atoms with Crippen LogP contribution in [0.15, 0.2) is 103 Å². The highest BCUT2D eigenvalue weighted by Crippen LogP contribution is 2.26. The third-order valence-electron chi connectivity index (χ3n) is 5.48. The molecule has 5 rings (SSSR count). The third kappa shape index (κ3) is 4.17. The lowest BCUT2D eigenvalue weighted by atomic mass is 10.0. The minimum atomic E-state index is 0.709. The van der Waals surface area contributed by atoms with Crippen molar-refractivity contribution < 1.29 is 0 Å². The van der Waals surface area contributed by atoms with Crippen molar-refractivity contribution in [2.24, 2.45) is 0 Å². The second kappa shape index (κ2) is 8.41. The van der Waals surface area contributed by atoms with Gasteiger partial charge in [-0.1, -0.05) is 84.4 Å². The second-order valence-corrected chi connectivity index (χ2v) is 7.74. The van der Waals surface area contributed by atoms with Crippen LogP contribution in [0, 0.1) is 6.92 Å². The van der Waals surface area contributed by atoms with Crippen LogP contribution < -0.4 is 5.32 Å². The number of pyridine rings is 2. The molecule has 2 heterocycles. The van der Waals surface area contributed by atoms with Crippen molar-refractivity contribution in [3.63, 3.8) is 0 Å². The molecule has 0 bridgehead atoms. The van der Waals surface area contributed by atoms with E-state index in [0.29, 0.717) is 6.54 Å². The summed E-state index contributed by atoms with van der Waals surface area (Å²) in [6.45, 7) is 2.83. The van der Waals surface area contributed by atoms with Crippen molar-refractivity contribution in [2.75, 3.05) is 5.32 Å². The van der Waals surface area contributed by atoms with Crippen LogP contribution in [0.1, 0.15) is 11.1 Å². The third-order valence-corrected chi connectivity index (χ3v) is 5.48.